The highest BCUT2D eigenvalue weighted by Crippen LogP contribution is 2.24. The Balaban J connectivity index is 2.04. The molecule has 0 saturated heterocycles. The van der Waals surface area contributed by atoms with Gasteiger partial charge in [0.2, 0.25) is 0 Å². The smallest absolute Gasteiger partial charge is 0.129 e. The highest BCUT2D eigenvalue weighted by Gasteiger charge is 2.13. The van der Waals surface area contributed by atoms with Crippen molar-refractivity contribution in [2.24, 2.45) is 0 Å². The summed E-state index contributed by atoms with van der Waals surface area (Å²) < 4.78 is 13.7. The molecule has 19 heavy (non-hydrogen) atoms. The normalized spacial score (nSPS) is 12.6. The van der Waals surface area contributed by atoms with Crippen molar-refractivity contribution in [2.45, 2.75) is 33.4 Å². The lowest BCUT2D eigenvalue weighted by molar-refractivity contribution is 0.547. The third kappa shape index (κ3) is 3.30. The standard InChI is InChI=1S/C14H18FN3S/c1-8(14-9(2)18-10(3)19-14)17-7-11-4-5-12(16)6-13(11)15/h4-6,8,17H,7,16H2,1-3H3. The largest absolute Gasteiger partial charge is 0.399 e. The van der Waals surface area contributed by atoms with Gasteiger partial charge in [-0.2, -0.15) is 0 Å². The average Bonchev–Trinajstić information content (AvgIpc) is 2.67. The topological polar surface area (TPSA) is 50.9 Å². The second-order valence-electron chi connectivity index (χ2n) is 4.64. The Hall–Kier alpha value is -1.46. The van der Waals surface area contributed by atoms with Crippen molar-refractivity contribution in [3.05, 3.63) is 45.2 Å². The van der Waals surface area contributed by atoms with Crippen molar-refractivity contribution < 1.29 is 4.39 Å². The van der Waals surface area contributed by atoms with Gasteiger partial charge in [0.1, 0.15) is 5.82 Å². The molecule has 0 amide bonds. The number of benzene rings is 1. The summed E-state index contributed by atoms with van der Waals surface area (Å²) in [4.78, 5) is 5.61. The molecule has 0 aliphatic heterocycles. The molecule has 2 rings (SSSR count). The first-order chi connectivity index (χ1) is 8.97. The van der Waals surface area contributed by atoms with Gasteiger partial charge in [-0.1, -0.05) is 6.07 Å². The molecule has 1 unspecified atom stereocenters. The number of nitrogens with zero attached hydrogens (tertiary/aromatic N) is 1. The molecule has 3 N–H and O–H groups in total. The molecule has 0 saturated carbocycles. The van der Waals surface area contributed by atoms with E-state index in [9.17, 15) is 4.39 Å². The maximum atomic E-state index is 13.7. The van der Waals surface area contributed by atoms with E-state index >= 15 is 0 Å². The van der Waals surface area contributed by atoms with Crippen LogP contribution in [0.5, 0.6) is 0 Å². The fraction of sp³-hybridized carbons (Fsp3) is 0.357. The number of halogens is 1. The molecule has 3 nitrogen and oxygen atoms in total. The molecule has 0 spiro atoms. The summed E-state index contributed by atoms with van der Waals surface area (Å²) in [6, 6.07) is 4.94. The van der Waals surface area contributed by atoms with Crippen molar-refractivity contribution in [3.8, 4) is 0 Å². The third-order valence-corrected chi connectivity index (χ3v) is 4.26. The van der Waals surface area contributed by atoms with E-state index in [1.54, 1.807) is 23.5 Å². The molecular weight excluding hydrogens is 261 g/mol. The van der Waals surface area contributed by atoms with Crippen LogP contribution in [0.15, 0.2) is 18.2 Å². The molecule has 0 bridgehead atoms. The number of nitrogens with one attached hydrogen (secondary N) is 1. The van der Waals surface area contributed by atoms with Crippen LogP contribution in [0.4, 0.5) is 10.1 Å². The zero-order valence-corrected chi connectivity index (χ0v) is 12.1. The van der Waals surface area contributed by atoms with Crippen LogP contribution in [0.1, 0.15) is 34.1 Å². The van der Waals surface area contributed by atoms with Gasteiger partial charge in [0, 0.05) is 28.7 Å². The van der Waals surface area contributed by atoms with Crippen molar-refractivity contribution in [3.63, 3.8) is 0 Å². The van der Waals surface area contributed by atoms with E-state index < -0.39 is 0 Å². The number of thiazole rings is 1. The maximum Gasteiger partial charge on any atom is 0.129 e. The molecule has 0 aliphatic carbocycles. The van der Waals surface area contributed by atoms with Gasteiger partial charge >= 0.3 is 0 Å². The number of rotatable bonds is 4. The minimum Gasteiger partial charge on any atom is -0.399 e. The SMILES string of the molecule is Cc1nc(C)c(C(C)NCc2ccc(N)cc2F)s1. The summed E-state index contributed by atoms with van der Waals surface area (Å²) >= 11 is 1.68. The van der Waals surface area contributed by atoms with Gasteiger partial charge < -0.3 is 11.1 Å². The van der Waals surface area contributed by atoms with Crippen LogP contribution in [0.3, 0.4) is 0 Å². The van der Waals surface area contributed by atoms with Gasteiger partial charge in [0.15, 0.2) is 0 Å². The van der Waals surface area contributed by atoms with Gasteiger partial charge in [-0.3, -0.25) is 0 Å². The lowest BCUT2D eigenvalue weighted by Crippen LogP contribution is -2.18. The lowest BCUT2D eigenvalue weighted by Gasteiger charge is -2.13. The predicted molar refractivity (Wildman–Crippen MR) is 77.7 cm³/mol. The number of hydrogen-bond acceptors (Lipinski definition) is 4. The van der Waals surface area contributed by atoms with Gasteiger partial charge in [0.05, 0.1) is 10.7 Å². The quantitative estimate of drug-likeness (QED) is 0.844. The van der Waals surface area contributed by atoms with Crippen LogP contribution in [-0.4, -0.2) is 4.98 Å². The molecule has 0 aliphatic rings. The molecule has 2 aromatic rings. The summed E-state index contributed by atoms with van der Waals surface area (Å²) in [5, 5.41) is 4.37. The number of aromatic nitrogens is 1. The molecule has 0 fully saturated rings. The van der Waals surface area contributed by atoms with Crippen molar-refractivity contribution in [2.75, 3.05) is 5.73 Å². The first kappa shape index (κ1) is 14.0. The summed E-state index contributed by atoms with van der Waals surface area (Å²) in [7, 11) is 0. The molecule has 0 radical (unpaired) electrons. The fourth-order valence-electron chi connectivity index (χ4n) is 2.01. The minimum atomic E-state index is -0.267. The molecule has 102 valence electrons. The van der Waals surface area contributed by atoms with E-state index in [1.165, 1.54) is 10.9 Å². The van der Waals surface area contributed by atoms with Crippen LogP contribution in [-0.2, 0) is 6.54 Å². The number of anilines is 1. The van der Waals surface area contributed by atoms with Gasteiger partial charge in [-0.25, -0.2) is 9.37 Å². The Kier molecular flexibility index (Phi) is 4.17. The van der Waals surface area contributed by atoms with Gasteiger partial charge in [-0.05, 0) is 32.9 Å². The molecule has 1 heterocycles. The highest BCUT2D eigenvalue weighted by molar-refractivity contribution is 7.11. The van der Waals surface area contributed by atoms with Gasteiger partial charge in [-0.15, -0.1) is 11.3 Å². The minimum absolute atomic E-state index is 0.156. The molecular formula is C14H18FN3S. The van der Waals surface area contributed by atoms with E-state index in [2.05, 4.69) is 17.2 Å². The van der Waals surface area contributed by atoms with Crippen molar-refractivity contribution in [1.29, 1.82) is 0 Å². The first-order valence-electron chi connectivity index (χ1n) is 6.18. The van der Waals surface area contributed by atoms with Crippen LogP contribution in [0, 0.1) is 19.7 Å². The van der Waals surface area contributed by atoms with Gasteiger partial charge in [0.25, 0.3) is 0 Å². The number of nitrogen functional groups attached to an aromatic ring is 1. The second kappa shape index (κ2) is 5.67. The van der Waals surface area contributed by atoms with Crippen molar-refractivity contribution >= 4 is 17.0 Å². The number of hydrogen-bond donors (Lipinski definition) is 2. The van der Waals surface area contributed by atoms with E-state index in [4.69, 9.17) is 5.73 Å². The third-order valence-electron chi connectivity index (χ3n) is 3.01. The average molecular weight is 279 g/mol. The van der Waals surface area contributed by atoms with E-state index in [-0.39, 0.29) is 11.9 Å². The van der Waals surface area contributed by atoms with Crippen LogP contribution < -0.4 is 11.1 Å². The Bertz CT molecular complexity index is 580. The van der Waals surface area contributed by atoms with E-state index in [1.807, 2.05) is 13.8 Å². The summed E-state index contributed by atoms with van der Waals surface area (Å²) in [6.07, 6.45) is 0. The number of aryl methyl sites for hydroxylation is 2. The van der Waals surface area contributed by atoms with Crippen LogP contribution >= 0.6 is 11.3 Å². The van der Waals surface area contributed by atoms with Crippen LogP contribution in [0.2, 0.25) is 0 Å². The predicted octanol–water partition coefficient (Wildman–Crippen LogP) is 3.33. The molecule has 1 atom stereocenters. The maximum absolute atomic E-state index is 13.7. The Morgan fingerprint density at radius 2 is 2.16 bits per heavy atom. The Morgan fingerprint density at radius 3 is 2.74 bits per heavy atom. The first-order valence-corrected chi connectivity index (χ1v) is 7.00. The number of nitrogens with two attached hydrogens (primary N) is 1. The van der Waals surface area contributed by atoms with E-state index in [0.29, 0.717) is 17.8 Å². The van der Waals surface area contributed by atoms with Crippen LogP contribution in [0.25, 0.3) is 0 Å². The zero-order valence-electron chi connectivity index (χ0n) is 11.3. The second-order valence-corrected chi connectivity index (χ2v) is 5.87. The molecule has 1 aromatic carbocycles. The summed E-state index contributed by atoms with van der Waals surface area (Å²) in [5.74, 6) is -0.267. The molecule has 1 aromatic heterocycles. The lowest BCUT2D eigenvalue weighted by atomic mass is 10.1. The monoisotopic (exact) mass is 279 g/mol. The molecule has 5 heteroatoms. The highest BCUT2D eigenvalue weighted by atomic mass is 32.1. The van der Waals surface area contributed by atoms with Crippen molar-refractivity contribution in [1.82, 2.24) is 10.3 Å². The zero-order chi connectivity index (χ0) is 14.0. The Labute approximate surface area is 116 Å². The summed E-state index contributed by atoms with van der Waals surface area (Å²) in [5.41, 5.74) is 7.64. The van der Waals surface area contributed by atoms with E-state index in [0.717, 1.165) is 10.7 Å². The Morgan fingerprint density at radius 1 is 1.42 bits per heavy atom. The fourth-order valence-corrected chi connectivity index (χ4v) is 2.97. The summed E-state index contributed by atoms with van der Waals surface area (Å²) in [6.45, 7) is 6.53.